The fourth-order valence-corrected chi connectivity index (χ4v) is 3.14. The van der Waals surface area contributed by atoms with Crippen LogP contribution in [0, 0.1) is 17.3 Å². The molecule has 2 aliphatic rings. The Balaban J connectivity index is 2.09. The van der Waals surface area contributed by atoms with Crippen LogP contribution in [0.4, 0.5) is 0 Å². The maximum atomic E-state index is 10.9. The van der Waals surface area contributed by atoms with E-state index in [0.717, 1.165) is 18.8 Å². The predicted octanol–water partition coefficient (Wildman–Crippen LogP) is 1.68. The van der Waals surface area contributed by atoms with E-state index in [4.69, 9.17) is 17.3 Å². The molecule has 0 saturated heterocycles. The van der Waals surface area contributed by atoms with Gasteiger partial charge in [0.25, 0.3) is 0 Å². The number of hydrogen-bond donors (Lipinski definition) is 1. The summed E-state index contributed by atoms with van der Waals surface area (Å²) >= 11 is 5.43. The molecule has 72 valence electrons. The molecule has 13 heavy (non-hydrogen) atoms. The minimum atomic E-state index is -0.246. The Labute approximate surface area is 83.1 Å². The van der Waals surface area contributed by atoms with Gasteiger partial charge in [0, 0.05) is 6.42 Å². The average Bonchev–Trinajstić information content (AvgIpc) is 2.43. The summed E-state index contributed by atoms with van der Waals surface area (Å²) in [6, 6.07) is 0. The van der Waals surface area contributed by atoms with Crippen molar-refractivity contribution in [2.75, 3.05) is 6.54 Å². The number of carbonyl (C=O) groups is 1. The largest absolute Gasteiger partial charge is 0.330 e. The van der Waals surface area contributed by atoms with E-state index in [1.54, 1.807) is 0 Å². The van der Waals surface area contributed by atoms with Crippen molar-refractivity contribution in [3.63, 3.8) is 0 Å². The molecule has 0 spiro atoms. The van der Waals surface area contributed by atoms with Gasteiger partial charge in [-0.15, -0.1) is 0 Å². The van der Waals surface area contributed by atoms with Gasteiger partial charge in [0.05, 0.1) is 0 Å². The highest BCUT2D eigenvalue weighted by molar-refractivity contribution is 6.63. The van der Waals surface area contributed by atoms with E-state index in [0.29, 0.717) is 18.9 Å². The van der Waals surface area contributed by atoms with Gasteiger partial charge in [-0.1, -0.05) is 12.2 Å². The molecule has 0 aromatic rings. The summed E-state index contributed by atoms with van der Waals surface area (Å²) in [6.07, 6.45) is 7.07. The minimum absolute atomic E-state index is 0.00347. The second-order valence-corrected chi connectivity index (χ2v) is 4.67. The van der Waals surface area contributed by atoms with Crippen molar-refractivity contribution in [2.45, 2.75) is 19.3 Å². The van der Waals surface area contributed by atoms with Gasteiger partial charge in [-0.25, -0.2) is 0 Å². The quantitative estimate of drug-likeness (QED) is 0.555. The third-order valence-electron chi connectivity index (χ3n) is 3.56. The van der Waals surface area contributed by atoms with E-state index in [9.17, 15) is 4.79 Å². The summed E-state index contributed by atoms with van der Waals surface area (Å²) in [7, 11) is 0. The van der Waals surface area contributed by atoms with Crippen molar-refractivity contribution in [3.05, 3.63) is 12.2 Å². The van der Waals surface area contributed by atoms with Crippen LogP contribution in [-0.4, -0.2) is 11.8 Å². The van der Waals surface area contributed by atoms with Gasteiger partial charge in [0.1, 0.15) is 0 Å². The van der Waals surface area contributed by atoms with E-state index < -0.39 is 0 Å². The molecular weight excluding hydrogens is 186 g/mol. The number of fused-ring (bicyclic) bond motifs is 1. The lowest BCUT2D eigenvalue weighted by atomic mass is 9.53. The smallest absolute Gasteiger partial charge is 0.222 e. The van der Waals surface area contributed by atoms with Crippen LogP contribution < -0.4 is 5.73 Å². The monoisotopic (exact) mass is 199 g/mol. The van der Waals surface area contributed by atoms with E-state index >= 15 is 0 Å². The topological polar surface area (TPSA) is 43.1 Å². The van der Waals surface area contributed by atoms with Gasteiger partial charge in [0.15, 0.2) is 0 Å². The molecule has 0 amide bonds. The van der Waals surface area contributed by atoms with Crippen molar-refractivity contribution in [3.8, 4) is 0 Å². The Kier molecular flexibility index (Phi) is 2.20. The molecule has 0 aliphatic heterocycles. The Morgan fingerprint density at radius 2 is 2.46 bits per heavy atom. The summed E-state index contributed by atoms with van der Waals surface area (Å²) in [5, 5.41) is -0.246. The van der Waals surface area contributed by atoms with Crippen LogP contribution >= 0.6 is 11.6 Å². The summed E-state index contributed by atoms with van der Waals surface area (Å²) in [6.45, 7) is 0.580. The molecule has 2 nitrogen and oxygen atoms in total. The van der Waals surface area contributed by atoms with Crippen LogP contribution in [0.15, 0.2) is 12.2 Å². The van der Waals surface area contributed by atoms with E-state index in [2.05, 4.69) is 12.2 Å². The fourth-order valence-electron chi connectivity index (χ4n) is 2.87. The van der Waals surface area contributed by atoms with E-state index in [1.165, 1.54) is 0 Å². The lowest BCUT2D eigenvalue weighted by molar-refractivity contribution is -0.117. The first-order valence-electron chi connectivity index (χ1n) is 4.73. The fraction of sp³-hybridized carbons (Fsp3) is 0.700. The van der Waals surface area contributed by atoms with Crippen molar-refractivity contribution in [1.29, 1.82) is 0 Å². The summed E-state index contributed by atoms with van der Waals surface area (Å²) in [5.74, 6) is 1.25. The molecule has 2 N–H and O–H groups in total. The van der Waals surface area contributed by atoms with Gasteiger partial charge in [-0.3, -0.25) is 4.79 Å². The van der Waals surface area contributed by atoms with Crippen LogP contribution in [-0.2, 0) is 4.79 Å². The van der Waals surface area contributed by atoms with Gasteiger partial charge in [0.2, 0.25) is 5.24 Å². The lowest BCUT2D eigenvalue weighted by Gasteiger charge is -2.51. The zero-order chi connectivity index (χ0) is 9.47. The van der Waals surface area contributed by atoms with Crippen molar-refractivity contribution < 1.29 is 4.79 Å². The van der Waals surface area contributed by atoms with Crippen molar-refractivity contribution in [1.82, 2.24) is 0 Å². The van der Waals surface area contributed by atoms with E-state index in [-0.39, 0.29) is 10.7 Å². The van der Waals surface area contributed by atoms with Crippen molar-refractivity contribution >= 4 is 16.8 Å². The van der Waals surface area contributed by atoms with Crippen LogP contribution in [0.3, 0.4) is 0 Å². The van der Waals surface area contributed by atoms with Gasteiger partial charge < -0.3 is 5.73 Å². The standard InChI is InChI=1S/C10H14ClNO/c11-9(13)5-10(6-12)4-7-2-1-3-8(7)10/h1,3,7-8H,2,4-6,12H2/t7-,8-,10-/m1/s1. The maximum absolute atomic E-state index is 10.9. The molecule has 3 atom stereocenters. The first-order valence-corrected chi connectivity index (χ1v) is 5.11. The number of nitrogens with two attached hydrogens (primary N) is 1. The Bertz CT molecular complexity index is 264. The Morgan fingerprint density at radius 3 is 3.00 bits per heavy atom. The molecule has 0 heterocycles. The summed E-state index contributed by atoms with van der Waals surface area (Å²) < 4.78 is 0. The number of allylic oxidation sites excluding steroid dienone is 2. The third-order valence-corrected chi connectivity index (χ3v) is 3.70. The Morgan fingerprint density at radius 1 is 1.69 bits per heavy atom. The Hall–Kier alpha value is -0.340. The zero-order valence-electron chi connectivity index (χ0n) is 7.50. The van der Waals surface area contributed by atoms with Crippen LogP contribution in [0.2, 0.25) is 0 Å². The normalized spacial score (nSPS) is 41.4. The molecule has 2 aliphatic carbocycles. The van der Waals surface area contributed by atoms with E-state index in [1.807, 2.05) is 0 Å². The summed E-state index contributed by atoms with van der Waals surface area (Å²) in [5.41, 5.74) is 5.72. The summed E-state index contributed by atoms with van der Waals surface area (Å²) in [4.78, 5) is 10.9. The molecule has 2 rings (SSSR count). The SMILES string of the molecule is NC[C@]1(CC(=O)Cl)C[C@H]2CC=C[C@H]21. The first-order chi connectivity index (χ1) is 6.18. The van der Waals surface area contributed by atoms with Crippen LogP contribution in [0.25, 0.3) is 0 Å². The minimum Gasteiger partial charge on any atom is -0.330 e. The van der Waals surface area contributed by atoms with Crippen LogP contribution in [0.5, 0.6) is 0 Å². The molecule has 0 aromatic carbocycles. The number of hydrogen-bond acceptors (Lipinski definition) is 2. The molecule has 0 bridgehead atoms. The zero-order valence-corrected chi connectivity index (χ0v) is 8.26. The highest BCUT2D eigenvalue weighted by atomic mass is 35.5. The average molecular weight is 200 g/mol. The highest BCUT2D eigenvalue weighted by Gasteiger charge is 2.53. The molecule has 1 saturated carbocycles. The molecule has 3 heteroatoms. The first kappa shape index (κ1) is 9.22. The van der Waals surface area contributed by atoms with Gasteiger partial charge in [-0.05, 0) is 48.2 Å². The molecule has 0 aromatic heterocycles. The molecular formula is C10H14ClNO. The van der Waals surface area contributed by atoms with Crippen molar-refractivity contribution in [2.24, 2.45) is 23.0 Å². The van der Waals surface area contributed by atoms with Gasteiger partial charge >= 0.3 is 0 Å². The number of halogens is 1. The lowest BCUT2D eigenvalue weighted by Crippen LogP contribution is -2.50. The number of carbonyl (C=O) groups excluding carboxylic acids is 1. The molecule has 0 radical (unpaired) electrons. The highest BCUT2D eigenvalue weighted by Crippen LogP contribution is 2.57. The number of rotatable bonds is 3. The van der Waals surface area contributed by atoms with Crippen LogP contribution in [0.1, 0.15) is 19.3 Å². The van der Waals surface area contributed by atoms with Gasteiger partial charge in [-0.2, -0.15) is 0 Å². The second kappa shape index (κ2) is 3.10. The third kappa shape index (κ3) is 1.32. The molecule has 1 fully saturated rings. The molecule has 0 unspecified atom stereocenters. The predicted molar refractivity (Wildman–Crippen MR) is 52.3 cm³/mol. The maximum Gasteiger partial charge on any atom is 0.222 e. The second-order valence-electron chi connectivity index (χ2n) is 4.25.